The van der Waals surface area contributed by atoms with Gasteiger partial charge >= 0.3 is 0 Å². The fourth-order valence-corrected chi connectivity index (χ4v) is 3.26. The maximum absolute atomic E-state index is 13.0. The van der Waals surface area contributed by atoms with Crippen LogP contribution in [0.2, 0.25) is 10.0 Å². The van der Waals surface area contributed by atoms with Crippen LogP contribution in [0.4, 0.5) is 8.78 Å². The van der Waals surface area contributed by atoms with Crippen LogP contribution in [0.15, 0.2) is 18.2 Å². The highest BCUT2D eigenvalue weighted by molar-refractivity contribution is 7.21. The number of thiophene rings is 1. The monoisotopic (exact) mass is 338 g/mol. The third-order valence-electron chi connectivity index (χ3n) is 2.60. The Bertz CT molecular complexity index is 660. The molecule has 0 atom stereocenters. The van der Waals surface area contributed by atoms with E-state index in [0.717, 1.165) is 16.0 Å². The van der Waals surface area contributed by atoms with Gasteiger partial charge in [-0.1, -0.05) is 29.3 Å². The van der Waals surface area contributed by atoms with E-state index in [0.29, 0.717) is 10.4 Å². The molecule has 1 aromatic heterocycles. The Hall–Kier alpha value is -0.950. The van der Waals surface area contributed by atoms with Gasteiger partial charge in [0.25, 0.3) is 11.8 Å². The Morgan fingerprint density at radius 1 is 1.40 bits per heavy atom. The number of amides is 1. The van der Waals surface area contributed by atoms with Crippen molar-refractivity contribution in [3.63, 3.8) is 0 Å². The molecule has 1 heterocycles. The summed E-state index contributed by atoms with van der Waals surface area (Å²) in [5.74, 6) is -3.79. The van der Waals surface area contributed by atoms with Gasteiger partial charge in [0.2, 0.25) is 0 Å². The first-order valence-corrected chi connectivity index (χ1v) is 7.15. The predicted octanol–water partition coefficient (Wildman–Crippen LogP) is 3.53. The first-order valence-electron chi connectivity index (χ1n) is 5.58. The lowest BCUT2D eigenvalue weighted by Gasteiger charge is -2.13. The maximum Gasteiger partial charge on any atom is 0.277 e. The normalized spacial score (nSPS) is 11.8. The highest BCUT2D eigenvalue weighted by atomic mass is 35.5. The van der Waals surface area contributed by atoms with E-state index in [1.165, 1.54) is 0 Å². The SMILES string of the molecule is NCC(F)(F)CNC(=O)c1sc2cc(Cl)ccc2c1Cl. The highest BCUT2D eigenvalue weighted by Gasteiger charge is 2.28. The molecule has 0 aliphatic rings. The number of carbonyl (C=O) groups is 1. The van der Waals surface area contributed by atoms with Crippen LogP contribution in [-0.2, 0) is 0 Å². The molecular weight excluding hydrogens is 329 g/mol. The molecule has 2 rings (SSSR count). The van der Waals surface area contributed by atoms with E-state index in [4.69, 9.17) is 28.9 Å². The van der Waals surface area contributed by atoms with E-state index in [1.807, 2.05) is 0 Å². The number of nitrogens with two attached hydrogens (primary N) is 1. The zero-order valence-corrected chi connectivity index (χ0v) is 12.4. The number of alkyl halides is 2. The van der Waals surface area contributed by atoms with E-state index in [2.05, 4.69) is 5.32 Å². The summed E-state index contributed by atoms with van der Waals surface area (Å²) in [5, 5.41) is 3.54. The van der Waals surface area contributed by atoms with E-state index in [-0.39, 0.29) is 9.90 Å². The molecule has 1 aromatic carbocycles. The van der Waals surface area contributed by atoms with Gasteiger partial charge in [-0.15, -0.1) is 11.3 Å². The second-order valence-corrected chi connectivity index (χ2v) is 6.00. The molecule has 0 saturated heterocycles. The lowest BCUT2D eigenvalue weighted by molar-refractivity contribution is 0.0119. The molecule has 1 amide bonds. The maximum atomic E-state index is 13.0. The summed E-state index contributed by atoms with van der Waals surface area (Å²) in [6.07, 6.45) is 0. The third kappa shape index (κ3) is 3.20. The summed E-state index contributed by atoms with van der Waals surface area (Å²) < 4.78 is 26.7. The van der Waals surface area contributed by atoms with E-state index in [9.17, 15) is 13.6 Å². The van der Waals surface area contributed by atoms with Crippen LogP contribution in [0, 0.1) is 0 Å². The molecule has 0 saturated carbocycles. The Kier molecular flexibility index (Phi) is 4.49. The van der Waals surface area contributed by atoms with Crippen molar-refractivity contribution < 1.29 is 13.6 Å². The van der Waals surface area contributed by atoms with Crippen molar-refractivity contribution in [2.75, 3.05) is 13.1 Å². The van der Waals surface area contributed by atoms with Gasteiger partial charge in [0.15, 0.2) is 0 Å². The Morgan fingerprint density at radius 2 is 2.10 bits per heavy atom. The van der Waals surface area contributed by atoms with E-state index in [1.54, 1.807) is 18.2 Å². The van der Waals surface area contributed by atoms with Crippen LogP contribution in [0.3, 0.4) is 0 Å². The highest BCUT2D eigenvalue weighted by Crippen LogP contribution is 2.36. The van der Waals surface area contributed by atoms with Gasteiger partial charge in [-0.2, -0.15) is 0 Å². The molecule has 3 nitrogen and oxygen atoms in total. The van der Waals surface area contributed by atoms with Crippen LogP contribution in [0.25, 0.3) is 10.1 Å². The van der Waals surface area contributed by atoms with Crippen molar-refractivity contribution in [2.24, 2.45) is 5.73 Å². The van der Waals surface area contributed by atoms with Gasteiger partial charge in [0, 0.05) is 15.1 Å². The molecular formula is C12H10Cl2F2N2OS. The minimum Gasteiger partial charge on any atom is -0.345 e. The van der Waals surface area contributed by atoms with Crippen molar-refractivity contribution in [1.29, 1.82) is 0 Å². The van der Waals surface area contributed by atoms with Crippen molar-refractivity contribution in [3.8, 4) is 0 Å². The van der Waals surface area contributed by atoms with Crippen LogP contribution in [0.1, 0.15) is 9.67 Å². The van der Waals surface area contributed by atoms with Gasteiger partial charge in [0.1, 0.15) is 4.88 Å². The number of hydrogen-bond acceptors (Lipinski definition) is 3. The lowest BCUT2D eigenvalue weighted by atomic mass is 10.2. The van der Waals surface area contributed by atoms with Gasteiger partial charge in [-0.05, 0) is 12.1 Å². The standard InChI is InChI=1S/C12H10Cl2F2N2OS/c13-6-1-2-7-8(3-6)20-10(9(7)14)11(19)18-5-12(15,16)4-17/h1-3H,4-5,17H2,(H,18,19). The van der Waals surface area contributed by atoms with Crippen LogP contribution in [-0.4, -0.2) is 24.9 Å². The van der Waals surface area contributed by atoms with Crippen molar-refractivity contribution in [2.45, 2.75) is 5.92 Å². The number of fused-ring (bicyclic) bond motifs is 1. The molecule has 3 N–H and O–H groups in total. The summed E-state index contributed by atoms with van der Waals surface area (Å²) in [6.45, 7) is -1.66. The minimum atomic E-state index is -3.14. The number of rotatable bonds is 4. The second-order valence-electron chi connectivity index (χ2n) is 4.13. The minimum absolute atomic E-state index is 0.178. The fraction of sp³-hybridized carbons (Fsp3) is 0.250. The fourth-order valence-electron chi connectivity index (χ4n) is 1.55. The smallest absolute Gasteiger partial charge is 0.277 e. The molecule has 0 spiro atoms. The number of carbonyl (C=O) groups excluding carboxylic acids is 1. The summed E-state index contributed by atoms with van der Waals surface area (Å²) in [6, 6.07) is 4.99. The van der Waals surface area contributed by atoms with Crippen LogP contribution in [0.5, 0.6) is 0 Å². The van der Waals surface area contributed by atoms with Crippen LogP contribution >= 0.6 is 34.5 Å². The zero-order valence-electron chi connectivity index (χ0n) is 10.1. The predicted molar refractivity (Wildman–Crippen MR) is 78.2 cm³/mol. The number of halogens is 4. The summed E-state index contributed by atoms with van der Waals surface area (Å²) in [7, 11) is 0. The number of hydrogen-bond donors (Lipinski definition) is 2. The van der Waals surface area contributed by atoms with Gasteiger partial charge in [0.05, 0.1) is 18.1 Å². The average molecular weight is 339 g/mol. The number of nitrogens with one attached hydrogen (secondary N) is 1. The molecule has 0 aliphatic carbocycles. The van der Waals surface area contributed by atoms with Crippen LogP contribution < -0.4 is 11.1 Å². The van der Waals surface area contributed by atoms with Gasteiger partial charge < -0.3 is 11.1 Å². The molecule has 8 heteroatoms. The first kappa shape index (κ1) is 15.4. The van der Waals surface area contributed by atoms with Gasteiger partial charge in [-0.3, -0.25) is 4.79 Å². The number of benzene rings is 1. The van der Waals surface area contributed by atoms with Crippen molar-refractivity contribution >= 4 is 50.5 Å². The molecule has 0 unspecified atom stereocenters. The molecule has 0 bridgehead atoms. The largest absolute Gasteiger partial charge is 0.345 e. The van der Waals surface area contributed by atoms with Crippen molar-refractivity contribution in [3.05, 3.63) is 33.1 Å². The Morgan fingerprint density at radius 3 is 2.75 bits per heavy atom. The molecule has 108 valence electrons. The Balaban J connectivity index is 2.24. The summed E-state index contributed by atoms with van der Waals surface area (Å²) in [4.78, 5) is 12.1. The van der Waals surface area contributed by atoms with E-state index >= 15 is 0 Å². The first-order chi connectivity index (χ1) is 9.34. The topological polar surface area (TPSA) is 55.1 Å². The molecule has 2 aromatic rings. The molecule has 0 fully saturated rings. The average Bonchev–Trinajstić information content (AvgIpc) is 2.73. The molecule has 0 radical (unpaired) electrons. The zero-order chi connectivity index (χ0) is 14.9. The second kappa shape index (κ2) is 5.81. The van der Waals surface area contributed by atoms with E-state index < -0.39 is 24.9 Å². The Labute approximate surface area is 127 Å². The van der Waals surface area contributed by atoms with Crippen molar-refractivity contribution in [1.82, 2.24) is 5.32 Å². The quantitative estimate of drug-likeness (QED) is 0.895. The van der Waals surface area contributed by atoms with Gasteiger partial charge in [-0.25, -0.2) is 8.78 Å². The summed E-state index contributed by atoms with van der Waals surface area (Å²) in [5.41, 5.74) is 4.90. The third-order valence-corrected chi connectivity index (χ3v) is 4.49. The summed E-state index contributed by atoms with van der Waals surface area (Å²) >= 11 is 13.0. The molecule has 20 heavy (non-hydrogen) atoms. The molecule has 0 aliphatic heterocycles. The lowest BCUT2D eigenvalue weighted by Crippen LogP contribution is -2.41.